The summed E-state index contributed by atoms with van der Waals surface area (Å²) in [6.45, 7) is 3.71. The summed E-state index contributed by atoms with van der Waals surface area (Å²) in [5.41, 5.74) is 1.09. The highest BCUT2D eigenvalue weighted by atomic mass is 79.9. The molecule has 0 atom stereocenters. The number of rotatable bonds is 2. The number of halogens is 1. The second kappa shape index (κ2) is 3.94. The van der Waals surface area contributed by atoms with E-state index in [1.807, 2.05) is 38.1 Å². The van der Waals surface area contributed by atoms with Crippen molar-refractivity contribution in [3.8, 4) is 0 Å². The van der Waals surface area contributed by atoms with Crippen molar-refractivity contribution in [2.75, 3.05) is 5.32 Å². The number of cyclic esters (lactones) is 1. The SMILES string of the molecule is CC1(C)OC(=O)C=C1Nc1ccccc1Br. The summed E-state index contributed by atoms with van der Waals surface area (Å²) in [4.78, 5) is 11.2. The number of carbonyl (C=O) groups excluding carboxylic acids is 1. The average molecular weight is 282 g/mol. The third-order valence-electron chi connectivity index (χ3n) is 2.41. The highest BCUT2D eigenvalue weighted by molar-refractivity contribution is 9.10. The van der Waals surface area contributed by atoms with Crippen LogP contribution >= 0.6 is 15.9 Å². The maximum Gasteiger partial charge on any atom is 0.333 e. The van der Waals surface area contributed by atoms with Crippen LogP contribution in [0.1, 0.15) is 13.8 Å². The second-order valence-corrected chi connectivity index (χ2v) is 4.95. The van der Waals surface area contributed by atoms with Gasteiger partial charge in [-0.3, -0.25) is 0 Å². The minimum Gasteiger partial charge on any atom is -0.450 e. The lowest BCUT2D eigenvalue weighted by molar-refractivity contribution is -0.143. The molecule has 1 aromatic carbocycles. The number of benzene rings is 1. The van der Waals surface area contributed by atoms with Crippen LogP contribution in [0, 0.1) is 0 Å². The molecule has 1 aliphatic heterocycles. The quantitative estimate of drug-likeness (QED) is 0.847. The van der Waals surface area contributed by atoms with E-state index in [0.29, 0.717) is 0 Å². The molecule has 0 aromatic heterocycles. The lowest BCUT2D eigenvalue weighted by Crippen LogP contribution is -2.27. The first kappa shape index (κ1) is 11.2. The number of anilines is 1. The van der Waals surface area contributed by atoms with Gasteiger partial charge in [0.2, 0.25) is 0 Å². The van der Waals surface area contributed by atoms with Crippen molar-refractivity contribution in [3.63, 3.8) is 0 Å². The Morgan fingerprint density at radius 3 is 2.56 bits per heavy atom. The van der Waals surface area contributed by atoms with Crippen molar-refractivity contribution in [1.29, 1.82) is 0 Å². The highest BCUT2D eigenvalue weighted by Crippen LogP contribution is 2.31. The summed E-state index contributed by atoms with van der Waals surface area (Å²) in [5.74, 6) is -0.306. The van der Waals surface area contributed by atoms with Gasteiger partial charge in [-0.25, -0.2) is 4.79 Å². The number of nitrogens with one attached hydrogen (secondary N) is 1. The average Bonchev–Trinajstić information content (AvgIpc) is 2.43. The van der Waals surface area contributed by atoms with Crippen LogP contribution in [-0.4, -0.2) is 11.6 Å². The summed E-state index contributed by atoms with van der Waals surface area (Å²) in [7, 11) is 0. The number of hydrogen-bond donors (Lipinski definition) is 1. The number of esters is 1. The number of hydrogen-bond acceptors (Lipinski definition) is 3. The van der Waals surface area contributed by atoms with Gasteiger partial charge in [-0.1, -0.05) is 12.1 Å². The molecule has 1 heterocycles. The van der Waals surface area contributed by atoms with Crippen LogP contribution in [-0.2, 0) is 9.53 Å². The largest absolute Gasteiger partial charge is 0.450 e. The molecular weight excluding hydrogens is 270 g/mol. The molecule has 0 amide bonds. The molecular formula is C12H12BrNO2. The number of carbonyl (C=O) groups is 1. The molecule has 1 aliphatic rings. The Morgan fingerprint density at radius 1 is 1.31 bits per heavy atom. The lowest BCUT2D eigenvalue weighted by atomic mass is 10.1. The van der Waals surface area contributed by atoms with Crippen molar-refractivity contribution in [1.82, 2.24) is 0 Å². The maximum atomic E-state index is 11.2. The molecule has 0 saturated heterocycles. The zero-order chi connectivity index (χ0) is 11.8. The summed E-state index contributed by atoms with van der Waals surface area (Å²) < 4.78 is 6.11. The van der Waals surface area contributed by atoms with Crippen molar-refractivity contribution >= 4 is 27.6 Å². The maximum absolute atomic E-state index is 11.2. The van der Waals surface area contributed by atoms with E-state index >= 15 is 0 Å². The lowest BCUT2D eigenvalue weighted by Gasteiger charge is -2.22. The van der Waals surface area contributed by atoms with Gasteiger partial charge >= 0.3 is 5.97 Å². The fraction of sp³-hybridized carbons (Fsp3) is 0.250. The minimum atomic E-state index is -0.591. The van der Waals surface area contributed by atoms with E-state index in [2.05, 4.69) is 21.2 Å². The third kappa shape index (κ3) is 2.11. The Kier molecular flexibility index (Phi) is 2.76. The van der Waals surface area contributed by atoms with E-state index < -0.39 is 5.60 Å². The van der Waals surface area contributed by atoms with Gasteiger partial charge in [-0.2, -0.15) is 0 Å². The Hall–Kier alpha value is -1.29. The molecule has 84 valence electrons. The molecule has 16 heavy (non-hydrogen) atoms. The molecule has 0 bridgehead atoms. The van der Waals surface area contributed by atoms with Crippen molar-refractivity contribution < 1.29 is 9.53 Å². The normalized spacial score (nSPS) is 17.9. The molecule has 0 radical (unpaired) electrons. The molecule has 3 nitrogen and oxygen atoms in total. The molecule has 4 heteroatoms. The van der Waals surface area contributed by atoms with E-state index in [1.165, 1.54) is 6.08 Å². The summed E-state index contributed by atoms with van der Waals surface area (Å²) in [6.07, 6.45) is 1.49. The van der Waals surface area contributed by atoms with Gasteiger partial charge in [0, 0.05) is 10.5 Å². The first-order chi connectivity index (χ1) is 7.49. The van der Waals surface area contributed by atoms with Crippen LogP contribution in [0.3, 0.4) is 0 Å². The van der Waals surface area contributed by atoms with Crippen LogP contribution < -0.4 is 5.32 Å². The van der Waals surface area contributed by atoms with E-state index in [9.17, 15) is 4.79 Å². The van der Waals surface area contributed by atoms with Crippen LogP contribution in [0.15, 0.2) is 40.5 Å². The molecule has 0 aliphatic carbocycles. The highest BCUT2D eigenvalue weighted by Gasteiger charge is 2.34. The van der Waals surface area contributed by atoms with Gasteiger partial charge in [0.15, 0.2) is 0 Å². The Labute approximate surface area is 103 Å². The number of ether oxygens (including phenoxy) is 1. The fourth-order valence-electron chi connectivity index (χ4n) is 1.52. The molecule has 0 unspecified atom stereocenters. The zero-order valence-electron chi connectivity index (χ0n) is 9.08. The van der Waals surface area contributed by atoms with E-state index in [-0.39, 0.29) is 5.97 Å². The monoisotopic (exact) mass is 281 g/mol. The molecule has 2 rings (SSSR count). The van der Waals surface area contributed by atoms with E-state index in [4.69, 9.17) is 4.74 Å². The third-order valence-corrected chi connectivity index (χ3v) is 3.10. The Morgan fingerprint density at radius 2 is 2.00 bits per heavy atom. The van der Waals surface area contributed by atoms with Crippen LogP contribution in [0.25, 0.3) is 0 Å². The molecule has 0 saturated carbocycles. The smallest absolute Gasteiger partial charge is 0.333 e. The van der Waals surface area contributed by atoms with E-state index in [1.54, 1.807) is 0 Å². The summed E-state index contributed by atoms with van der Waals surface area (Å²) in [5, 5.41) is 3.20. The molecule has 1 N–H and O–H groups in total. The van der Waals surface area contributed by atoms with Gasteiger partial charge in [0.25, 0.3) is 0 Å². The van der Waals surface area contributed by atoms with Gasteiger partial charge in [-0.05, 0) is 41.9 Å². The van der Waals surface area contributed by atoms with Gasteiger partial charge < -0.3 is 10.1 Å². The molecule has 0 spiro atoms. The fourth-order valence-corrected chi connectivity index (χ4v) is 1.91. The van der Waals surface area contributed by atoms with E-state index in [0.717, 1.165) is 15.9 Å². The van der Waals surface area contributed by atoms with Crippen LogP contribution in [0.4, 0.5) is 5.69 Å². The van der Waals surface area contributed by atoms with Gasteiger partial charge in [0.1, 0.15) is 5.60 Å². The predicted molar refractivity (Wildman–Crippen MR) is 66.0 cm³/mol. The summed E-state index contributed by atoms with van der Waals surface area (Å²) >= 11 is 3.44. The molecule has 0 fully saturated rings. The second-order valence-electron chi connectivity index (χ2n) is 4.09. The molecule has 1 aromatic rings. The van der Waals surface area contributed by atoms with Crippen molar-refractivity contribution in [2.45, 2.75) is 19.4 Å². The first-order valence-electron chi connectivity index (χ1n) is 4.96. The van der Waals surface area contributed by atoms with Crippen LogP contribution in [0.5, 0.6) is 0 Å². The Balaban J connectivity index is 2.26. The topological polar surface area (TPSA) is 38.3 Å². The zero-order valence-corrected chi connectivity index (χ0v) is 10.7. The first-order valence-corrected chi connectivity index (χ1v) is 5.75. The van der Waals surface area contributed by atoms with Gasteiger partial charge in [-0.15, -0.1) is 0 Å². The predicted octanol–water partition coefficient (Wildman–Crippen LogP) is 3.08. The van der Waals surface area contributed by atoms with Crippen molar-refractivity contribution in [3.05, 3.63) is 40.5 Å². The summed E-state index contributed by atoms with van der Waals surface area (Å²) in [6, 6.07) is 7.74. The number of para-hydroxylation sites is 1. The van der Waals surface area contributed by atoms with Crippen molar-refractivity contribution in [2.24, 2.45) is 0 Å². The minimum absolute atomic E-state index is 0.306. The standard InChI is InChI=1S/C12H12BrNO2/c1-12(2)10(7-11(15)16-12)14-9-6-4-3-5-8(9)13/h3-7,14H,1-2H3. The Bertz CT molecular complexity index is 466. The van der Waals surface area contributed by atoms with Gasteiger partial charge in [0.05, 0.1) is 11.4 Å². The van der Waals surface area contributed by atoms with Crippen LogP contribution in [0.2, 0.25) is 0 Å².